The van der Waals surface area contributed by atoms with Crippen LogP contribution in [0.1, 0.15) is 15.9 Å². The number of hydrazine groups is 1. The third-order valence-corrected chi connectivity index (χ3v) is 4.54. The van der Waals surface area contributed by atoms with Crippen LogP contribution in [-0.2, 0) is 13.5 Å². The standard InChI is InChI=1S/C19H19ClN4OS/c1-24-12-16(15-4-2-3-5-17(15)24)18(25)22-23-19(26)21-11-10-13-6-8-14(20)9-7-13/h2-9,12H,10-11H2,1H3,(H,22,25)(H2,21,23,26). The third-order valence-electron chi connectivity index (χ3n) is 4.04. The molecule has 1 amide bonds. The molecule has 0 radical (unpaired) electrons. The van der Waals surface area contributed by atoms with E-state index in [2.05, 4.69) is 16.2 Å². The van der Waals surface area contributed by atoms with Gasteiger partial charge in [-0.25, -0.2) is 0 Å². The van der Waals surface area contributed by atoms with Gasteiger partial charge in [0.15, 0.2) is 5.11 Å². The molecule has 0 fully saturated rings. The smallest absolute Gasteiger partial charge is 0.271 e. The number of thiocarbonyl (C=S) groups is 1. The highest BCUT2D eigenvalue weighted by atomic mass is 35.5. The number of hydrogen-bond donors (Lipinski definition) is 3. The van der Waals surface area contributed by atoms with E-state index >= 15 is 0 Å². The van der Waals surface area contributed by atoms with Crippen LogP contribution in [0.3, 0.4) is 0 Å². The number of para-hydroxylation sites is 1. The Kier molecular flexibility index (Phi) is 5.75. The molecule has 0 aliphatic heterocycles. The van der Waals surface area contributed by atoms with Crippen LogP contribution in [-0.4, -0.2) is 22.1 Å². The number of benzene rings is 2. The van der Waals surface area contributed by atoms with Gasteiger partial charge in [0.05, 0.1) is 5.56 Å². The largest absolute Gasteiger partial charge is 0.361 e. The molecule has 134 valence electrons. The minimum atomic E-state index is -0.233. The summed E-state index contributed by atoms with van der Waals surface area (Å²) in [5.41, 5.74) is 8.13. The highest BCUT2D eigenvalue weighted by Crippen LogP contribution is 2.19. The van der Waals surface area contributed by atoms with Crippen LogP contribution in [0.2, 0.25) is 5.02 Å². The van der Waals surface area contributed by atoms with Crippen molar-refractivity contribution in [1.82, 2.24) is 20.7 Å². The van der Waals surface area contributed by atoms with E-state index < -0.39 is 0 Å². The minimum Gasteiger partial charge on any atom is -0.361 e. The van der Waals surface area contributed by atoms with Crippen molar-refractivity contribution in [3.05, 3.63) is 70.9 Å². The van der Waals surface area contributed by atoms with E-state index in [-0.39, 0.29) is 5.91 Å². The van der Waals surface area contributed by atoms with Crippen molar-refractivity contribution in [1.29, 1.82) is 0 Å². The average molecular weight is 387 g/mol. The van der Waals surface area contributed by atoms with Gasteiger partial charge in [0, 0.05) is 35.7 Å². The van der Waals surface area contributed by atoms with Gasteiger partial charge in [0.2, 0.25) is 0 Å². The normalized spacial score (nSPS) is 10.5. The SMILES string of the molecule is Cn1cc(C(=O)NNC(=S)NCCc2ccc(Cl)cc2)c2ccccc21. The number of fused-ring (bicyclic) bond motifs is 1. The van der Waals surface area contributed by atoms with E-state index in [0.717, 1.165) is 27.9 Å². The monoisotopic (exact) mass is 386 g/mol. The first-order chi connectivity index (χ1) is 12.5. The molecule has 7 heteroatoms. The molecule has 0 bridgehead atoms. The molecule has 1 aromatic heterocycles. The van der Waals surface area contributed by atoms with Crippen LogP contribution in [0.5, 0.6) is 0 Å². The van der Waals surface area contributed by atoms with Crippen LogP contribution >= 0.6 is 23.8 Å². The second-order valence-corrected chi connectivity index (χ2v) is 6.73. The number of nitrogens with zero attached hydrogens (tertiary/aromatic N) is 1. The first-order valence-electron chi connectivity index (χ1n) is 8.17. The maximum Gasteiger partial charge on any atom is 0.271 e. The Morgan fingerprint density at radius 1 is 1.12 bits per heavy atom. The molecule has 26 heavy (non-hydrogen) atoms. The molecule has 2 aromatic carbocycles. The molecule has 3 rings (SSSR count). The summed E-state index contributed by atoms with van der Waals surface area (Å²) in [5, 5.41) is 5.05. The molecule has 0 atom stereocenters. The Balaban J connectivity index is 1.49. The second-order valence-electron chi connectivity index (χ2n) is 5.88. The Morgan fingerprint density at radius 3 is 2.62 bits per heavy atom. The van der Waals surface area contributed by atoms with Crippen LogP contribution in [0.25, 0.3) is 10.9 Å². The summed E-state index contributed by atoms with van der Waals surface area (Å²) >= 11 is 11.1. The van der Waals surface area contributed by atoms with E-state index in [4.69, 9.17) is 23.8 Å². The average Bonchev–Trinajstić information content (AvgIpc) is 2.99. The van der Waals surface area contributed by atoms with Crippen LogP contribution in [0, 0.1) is 0 Å². The van der Waals surface area contributed by atoms with E-state index in [1.54, 1.807) is 6.20 Å². The fourth-order valence-corrected chi connectivity index (χ4v) is 3.00. The van der Waals surface area contributed by atoms with Gasteiger partial charge in [-0.3, -0.25) is 15.6 Å². The first-order valence-corrected chi connectivity index (χ1v) is 8.96. The number of hydrogen-bond acceptors (Lipinski definition) is 2. The molecule has 0 spiro atoms. The van der Waals surface area contributed by atoms with Gasteiger partial charge >= 0.3 is 0 Å². The van der Waals surface area contributed by atoms with Crippen molar-refractivity contribution in [2.75, 3.05) is 6.54 Å². The van der Waals surface area contributed by atoms with E-state index in [1.807, 2.05) is 60.1 Å². The lowest BCUT2D eigenvalue weighted by atomic mass is 10.1. The molecule has 0 aliphatic carbocycles. The quantitative estimate of drug-likeness (QED) is 0.476. The first kappa shape index (κ1) is 18.2. The van der Waals surface area contributed by atoms with Crippen molar-refractivity contribution < 1.29 is 4.79 Å². The summed E-state index contributed by atoms with van der Waals surface area (Å²) in [6.07, 6.45) is 2.61. The molecule has 3 aromatic rings. The zero-order valence-corrected chi connectivity index (χ0v) is 15.8. The van der Waals surface area contributed by atoms with Crippen molar-refractivity contribution >= 4 is 45.7 Å². The van der Waals surface area contributed by atoms with Gasteiger partial charge in [-0.2, -0.15) is 0 Å². The van der Waals surface area contributed by atoms with Crippen LogP contribution < -0.4 is 16.2 Å². The molecule has 0 aliphatic rings. The molecule has 1 heterocycles. The van der Waals surface area contributed by atoms with Gasteiger partial charge in [0.1, 0.15) is 0 Å². The van der Waals surface area contributed by atoms with Gasteiger partial charge in [-0.05, 0) is 42.4 Å². The fourth-order valence-electron chi connectivity index (χ4n) is 2.72. The van der Waals surface area contributed by atoms with Crippen molar-refractivity contribution in [2.24, 2.45) is 7.05 Å². The number of carbonyl (C=O) groups is 1. The zero-order chi connectivity index (χ0) is 18.5. The van der Waals surface area contributed by atoms with Crippen molar-refractivity contribution in [3.8, 4) is 0 Å². The highest BCUT2D eigenvalue weighted by molar-refractivity contribution is 7.80. The predicted octanol–water partition coefficient (Wildman–Crippen LogP) is 3.18. The second kappa shape index (κ2) is 8.21. The van der Waals surface area contributed by atoms with E-state index in [0.29, 0.717) is 17.2 Å². The van der Waals surface area contributed by atoms with Gasteiger partial charge in [-0.1, -0.05) is 41.9 Å². The number of rotatable bonds is 4. The van der Waals surface area contributed by atoms with Crippen molar-refractivity contribution in [2.45, 2.75) is 6.42 Å². The Bertz CT molecular complexity index is 936. The molecule has 0 unspecified atom stereocenters. The highest BCUT2D eigenvalue weighted by Gasteiger charge is 2.13. The molecule has 0 saturated carbocycles. The molecule has 5 nitrogen and oxygen atoms in total. The predicted molar refractivity (Wildman–Crippen MR) is 109 cm³/mol. The molecular formula is C19H19ClN4OS. The van der Waals surface area contributed by atoms with Gasteiger partial charge in [-0.15, -0.1) is 0 Å². The number of aryl methyl sites for hydroxylation is 1. The summed E-state index contributed by atoms with van der Waals surface area (Å²) in [5.74, 6) is -0.233. The van der Waals surface area contributed by atoms with Gasteiger partial charge in [0.25, 0.3) is 5.91 Å². The third kappa shape index (κ3) is 4.33. The van der Waals surface area contributed by atoms with Gasteiger partial charge < -0.3 is 9.88 Å². The number of aromatic nitrogens is 1. The summed E-state index contributed by atoms with van der Waals surface area (Å²) in [6, 6.07) is 15.4. The fraction of sp³-hybridized carbons (Fsp3) is 0.158. The van der Waals surface area contributed by atoms with Crippen LogP contribution in [0.4, 0.5) is 0 Å². The Hall–Kier alpha value is -2.57. The molecule has 3 N–H and O–H groups in total. The summed E-state index contributed by atoms with van der Waals surface area (Å²) in [7, 11) is 1.91. The molecular weight excluding hydrogens is 368 g/mol. The lowest BCUT2D eigenvalue weighted by Crippen LogP contribution is -2.47. The molecule has 0 saturated heterocycles. The van der Waals surface area contributed by atoms with Crippen molar-refractivity contribution in [3.63, 3.8) is 0 Å². The number of halogens is 1. The van der Waals surface area contributed by atoms with E-state index in [9.17, 15) is 4.79 Å². The summed E-state index contributed by atoms with van der Waals surface area (Å²) in [4.78, 5) is 12.4. The Labute approximate surface area is 162 Å². The van der Waals surface area contributed by atoms with E-state index in [1.165, 1.54) is 0 Å². The maximum absolute atomic E-state index is 12.4. The number of nitrogens with one attached hydrogen (secondary N) is 3. The lowest BCUT2D eigenvalue weighted by Gasteiger charge is -2.11. The topological polar surface area (TPSA) is 58.1 Å². The number of carbonyl (C=O) groups excluding carboxylic acids is 1. The maximum atomic E-state index is 12.4. The summed E-state index contributed by atoms with van der Waals surface area (Å²) in [6.45, 7) is 0.650. The summed E-state index contributed by atoms with van der Waals surface area (Å²) < 4.78 is 1.92. The minimum absolute atomic E-state index is 0.233. The lowest BCUT2D eigenvalue weighted by molar-refractivity contribution is 0.0945. The zero-order valence-electron chi connectivity index (χ0n) is 14.3. The number of amides is 1. The van der Waals surface area contributed by atoms with Crippen LogP contribution in [0.15, 0.2) is 54.7 Å². The Morgan fingerprint density at radius 2 is 1.85 bits per heavy atom.